The Morgan fingerprint density at radius 1 is 1.63 bits per heavy atom. The zero-order valence-electron chi connectivity index (χ0n) is 10.5. The first-order valence-corrected chi connectivity index (χ1v) is 5.88. The normalized spacial score (nSPS) is 22.3. The number of ether oxygens (including phenoxy) is 1. The number of alkyl halides is 1. The van der Waals surface area contributed by atoms with E-state index in [4.69, 9.17) is 4.42 Å². The Balaban J connectivity index is 1.86. The lowest BCUT2D eigenvalue weighted by molar-refractivity contribution is -0.153. The minimum Gasteiger partial charge on any atom is -0.467 e. The maximum Gasteiger partial charge on any atom is 0.345 e. The molecule has 7 heteroatoms. The summed E-state index contributed by atoms with van der Waals surface area (Å²) in [6.45, 7) is 0.110. The molecule has 0 aromatic carbocycles. The van der Waals surface area contributed by atoms with Crippen LogP contribution in [0.25, 0.3) is 0 Å². The second-order valence-electron chi connectivity index (χ2n) is 4.37. The molecule has 6 nitrogen and oxygen atoms in total. The summed E-state index contributed by atoms with van der Waals surface area (Å²) >= 11 is 0. The van der Waals surface area contributed by atoms with E-state index in [0.717, 1.165) is 7.11 Å². The van der Waals surface area contributed by atoms with E-state index in [1.165, 1.54) is 11.2 Å². The van der Waals surface area contributed by atoms with Crippen LogP contribution in [0.15, 0.2) is 22.8 Å². The fraction of sp³-hybridized carbons (Fsp3) is 0.500. The van der Waals surface area contributed by atoms with E-state index < -0.39 is 17.7 Å². The maximum atomic E-state index is 14.1. The molecule has 0 radical (unpaired) electrons. The summed E-state index contributed by atoms with van der Waals surface area (Å²) < 4.78 is 23.6. The molecule has 1 N–H and O–H groups in total. The third-order valence-corrected chi connectivity index (χ3v) is 3.05. The number of nitrogens with zero attached hydrogens (tertiary/aromatic N) is 1. The van der Waals surface area contributed by atoms with Gasteiger partial charge in [-0.1, -0.05) is 0 Å². The number of hydrogen-bond donors (Lipinski definition) is 1. The van der Waals surface area contributed by atoms with Gasteiger partial charge in [-0.25, -0.2) is 14.0 Å². The number of likely N-dealkylation sites (tertiary alicyclic amines) is 1. The Labute approximate surface area is 109 Å². The van der Waals surface area contributed by atoms with E-state index >= 15 is 0 Å². The average molecular weight is 270 g/mol. The summed E-state index contributed by atoms with van der Waals surface area (Å²) in [5.41, 5.74) is -2.10. The minimum absolute atomic E-state index is 0.0478. The van der Waals surface area contributed by atoms with Crippen molar-refractivity contribution in [3.8, 4) is 0 Å². The Morgan fingerprint density at radius 2 is 2.42 bits per heavy atom. The van der Waals surface area contributed by atoms with Crippen LogP contribution in [-0.4, -0.2) is 42.8 Å². The molecule has 1 saturated heterocycles. The summed E-state index contributed by atoms with van der Waals surface area (Å²) in [6.07, 6.45) is 1.45. The first kappa shape index (κ1) is 13.4. The molecule has 0 bridgehead atoms. The summed E-state index contributed by atoms with van der Waals surface area (Å²) in [5.74, 6) is -0.333. The molecular weight excluding hydrogens is 255 g/mol. The molecular formula is C12H15FN2O4. The van der Waals surface area contributed by atoms with Crippen LogP contribution in [-0.2, 0) is 16.1 Å². The van der Waals surface area contributed by atoms with Crippen LogP contribution in [0.1, 0.15) is 12.2 Å². The number of halogens is 1. The first-order valence-electron chi connectivity index (χ1n) is 5.88. The molecule has 1 aliphatic rings. The molecule has 2 rings (SSSR count). The molecule has 2 heterocycles. The average Bonchev–Trinajstić information content (AvgIpc) is 3.05. The zero-order chi connectivity index (χ0) is 13.9. The van der Waals surface area contributed by atoms with Gasteiger partial charge in [-0.2, -0.15) is 0 Å². The van der Waals surface area contributed by atoms with E-state index in [1.807, 2.05) is 0 Å². The molecule has 1 atom stereocenters. The van der Waals surface area contributed by atoms with Gasteiger partial charge in [0, 0.05) is 13.0 Å². The summed E-state index contributed by atoms with van der Waals surface area (Å²) in [4.78, 5) is 24.3. The van der Waals surface area contributed by atoms with Crippen molar-refractivity contribution in [3.63, 3.8) is 0 Å². The summed E-state index contributed by atoms with van der Waals surface area (Å²) in [7, 11) is 1.13. The van der Waals surface area contributed by atoms with Gasteiger partial charge in [0.05, 0.1) is 26.5 Å². The third kappa shape index (κ3) is 2.86. The van der Waals surface area contributed by atoms with Crippen molar-refractivity contribution in [2.24, 2.45) is 0 Å². The number of hydrogen-bond acceptors (Lipinski definition) is 4. The van der Waals surface area contributed by atoms with Gasteiger partial charge in [0.1, 0.15) is 5.76 Å². The predicted octanol–water partition coefficient (Wildman–Crippen LogP) is 1.08. The van der Waals surface area contributed by atoms with Crippen LogP contribution in [0.3, 0.4) is 0 Å². The minimum atomic E-state index is -2.10. The smallest absolute Gasteiger partial charge is 0.345 e. The Hall–Kier alpha value is -2.05. The van der Waals surface area contributed by atoms with Gasteiger partial charge >= 0.3 is 12.0 Å². The second-order valence-corrected chi connectivity index (χ2v) is 4.37. The summed E-state index contributed by atoms with van der Waals surface area (Å²) in [5, 5.41) is 2.60. The number of furan rings is 1. The second kappa shape index (κ2) is 5.29. The fourth-order valence-electron chi connectivity index (χ4n) is 1.98. The predicted molar refractivity (Wildman–Crippen MR) is 63.0 cm³/mol. The van der Waals surface area contributed by atoms with E-state index in [9.17, 15) is 14.0 Å². The SMILES string of the molecule is COC(=O)[C@]1(F)CCN(C(=O)NCc2ccco2)C1. The molecule has 0 spiro atoms. The van der Waals surface area contributed by atoms with Crippen LogP contribution in [0.2, 0.25) is 0 Å². The highest BCUT2D eigenvalue weighted by molar-refractivity contribution is 5.82. The van der Waals surface area contributed by atoms with Crippen molar-refractivity contribution >= 4 is 12.0 Å². The quantitative estimate of drug-likeness (QED) is 0.834. The maximum absolute atomic E-state index is 14.1. The largest absolute Gasteiger partial charge is 0.467 e. The Morgan fingerprint density at radius 3 is 3.05 bits per heavy atom. The van der Waals surface area contributed by atoms with Gasteiger partial charge in [0.2, 0.25) is 5.67 Å². The third-order valence-electron chi connectivity index (χ3n) is 3.05. The van der Waals surface area contributed by atoms with Gasteiger partial charge in [-0.05, 0) is 12.1 Å². The topological polar surface area (TPSA) is 71.8 Å². The van der Waals surface area contributed by atoms with E-state index in [2.05, 4.69) is 10.1 Å². The standard InChI is InChI=1S/C12H15FN2O4/c1-18-10(16)12(13)4-5-15(8-12)11(17)14-7-9-3-2-6-19-9/h2-3,6H,4-5,7-8H2,1H3,(H,14,17)/t12-/m0/s1. The molecule has 104 valence electrons. The van der Waals surface area contributed by atoms with Crippen molar-refractivity contribution in [2.75, 3.05) is 20.2 Å². The Kier molecular flexibility index (Phi) is 3.73. The molecule has 1 aliphatic heterocycles. The molecule has 19 heavy (non-hydrogen) atoms. The lowest BCUT2D eigenvalue weighted by atomic mass is 10.1. The molecule has 1 aromatic rings. The fourth-order valence-corrected chi connectivity index (χ4v) is 1.98. The number of esters is 1. The number of rotatable bonds is 3. The molecule has 1 fully saturated rings. The number of carbonyl (C=O) groups excluding carboxylic acids is 2. The van der Waals surface area contributed by atoms with Crippen LogP contribution in [0, 0.1) is 0 Å². The molecule has 1 aromatic heterocycles. The number of nitrogens with one attached hydrogen (secondary N) is 1. The van der Waals surface area contributed by atoms with Crippen molar-refractivity contribution in [1.82, 2.24) is 10.2 Å². The van der Waals surface area contributed by atoms with Crippen LogP contribution < -0.4 is 5.32 Å². The van der Waals surface area contributed by atoms with Crippen molar-refractivity contribution < 1.29 is 23.1 Å². The van der Waals surface area contributed by atoms with Gasteiger partial charge in [0.15, 0.2) is 0 Å². The van der Waals surface area contributed by atoms with Crippen LogP contribution in [0.4, 0.5) is 9.18 Å². The van der Waals surface area contributed by atoms with Crippen LogP contribution in [0.5, 0.6) is 0 Å². The van der Waals surface area contributed by atoms with Gasteiger partial charge < -0.3 is 19.4 Å². The van der Waals surface area contributed by atoms with Gasteiger partial charge in [0.25, 0.3) is 0 Å². The number of urea groups is 1. The monoisotopic (exact) mass is 270 g/mol. The van der Waals surface area contributed by atoms with Gasteiger partial charge in [-0.15, -0.1) is 0 Å². The lowest BCUT2D eigenvalue weighted by Crippen LogP contribution is -2.43. The number of amides is 2. The highest BCUT2D eigenvalue weighted by atomic mass is 19.1. The first-order chi connectivity index (χ1) is 9.05. The molecule has 2 amide bonds. The summed E-state index contributed by atoms with van der Waals surface area (Å²) in [6, 6.07) is 3.00. The zero-order valence-corrected chi connectivity index (χ0v) is 10.5. The van der Waals surface area contributed by atoms with Crippen molar-refractivity contribution in [1.29, 1.82) is 0 Å². The molecule has 0 aliphatic carbocycles. The highest BCUT2D eigenvalue weighted by Crippen LogP contribution is 2.26. The Bertz CT molecular complexity index is 462. The number of carbonyl (C=O) groups is 2. The van der Waals surface area contributed by atoms with Gasteiger partial charge in [-0.3, -0.25) is 0 Å². The van der Waals surface area contributed by atoms with E-state index in [1.54, 1.807) is 12.1 Å². The molecule has 0 unspecified atom stereocenters. The van der Waals surface area contributed by atoms with Crippen LogP contribution >= 0.6 is 0 Å². The highest BCUT2D eigenvalue weighted by Gasteiger charge is 2.47. The van der Waals surface area contributed by atoms with Crippen molar-refractivity contribution in [2.45, 2.75) is 18.6 Å². The van der Waals surface area contributed by atoms with Crippen molar-refractivity contribution in [3.05, 3.63) is 24.2 Å². The lowest BCUT2D eigenvalue weighted by Gasteiger charge is -2.19. The van der Waals surface area contributed by atoms with E-state index in [-0.39, 0.29) is 26.1 Å². The number of methoxy groups -OCH3 is 1. The molecule has 0 saturated carbocycles. The van der Waals surface area contributed by atoms with E-state index in [0.29, 0.717) is 5.76 Å².